The van der Waals surface area contributed by atoms with Gasteiger partial charge in [0.25, 0.3) is 0 Å². The molecule has 0 saturated heterocycles. The van der Waals surface area contributed by atoms with Crippen molar-refractivity contribution >= 4 is 5.78 Å². The third-order valence-corrected chi connectivity index (χ3v) is 3.00. The fourth-order valence-corrected chi connectivity index (χ4v) is 2.22. The average molecular weight is 272 g/mol. The van der Waals surface area contributed by atoms with Gasteiger partial charge in [0.1, 0.15) is 18.2 Å². The molecule has 20 heavy (non-hydrogen) atoms. The molecular weight excluding hydrogens is 255 g/mol. The van der Waals surface area contributed by atoms with Gasteiger partial charge in [-0.15, -0.1) is 0 Å². The smallest absolute Gasteiger partial charge is 0.163 e. The number of hydrogen-bond donors (Lipinski definition) is 0. The quantitative estimate of drug-likeness (QED) is 0.779. The van der Waals surface area contributed by atoms with Gasteiger partial charge in [-0.1, -0.05) is 29.3 Å². The maximum Gasteiger partial charge on any atom is 0.163 e. The molecule has 0 amide bonds. The van der Waals surface area contributed by atoms with Crippen LogP contribution in [0.5, 0.6) is 5.75 Å². The summed E-state index contributed by atoms with van der Waals surface area (Å²) in [5.41, 5.74) is 3.70. The van der Waals surface area contributed by atoms with Gasteiger partial charge < -0.3 is 4.74 Å². The molecule has 2 aromatic rings. The van der Waals surface area contributed by atoms with Gasteiger partial charge in [-0.2, -0.15) is 0 Å². The van der Waals surface area contributed by atoms with Gasteiger partial charge in [-0.3, -0.25) is 4.79 Å². The molecule has 0 unspecified atom stereocenters. The minimum atomic E-state index is -0.412. The Morgan fingerprint density at radius 2 is 1.75 bits per heavy atom. The van der Waals surface area contributed by atoms with Crippen LogP contribution < -0.4 is 4.74 Å². The minimum Gasteiger partial charge on any atom is -0.488 e. The number of hydrogen-bond acceptors (Lipinski definition) is 2. The van der Waals surface area contributed by atoms with E-state index in [9.17, 15) is 9.18 Å². The highest BCUT2D eigenvalue weighted by Gasteiger charge is 2.10. The van der Waals surface area contributed by atoms with Crippen molar-refractivity contribution in [3.8, 4) is 5.75 Å². The molecule has 0 aliphatic carbocycles. The van der Waals surface area contributed by atoms with E-state index in [1.807, 2.05) is 26.0 Å². The van der Waals surface area contributed by atoms with Crippen molar-refractivity contribution in [2.75, 3.05) is 0 Å². The molecule has 0 bridgehead atoms. The normalized spacial score (nSPS) is 10.4. The molecule has 0 aromatic heterocycles. The number of ether oxygens (including phenoxy) is 1. The lowest BCUT2D eigenvalue weighted by Gasteiger charge is -2.11. The Hall–Kier alpha value is -2.16. The van der Waals surface area contributed by atoms with Crippen LogP contribution in [-0.2, 0) is 6.61 Å². The number of halogens is 1. The average Bonchev–Trinajstić information content (AvgIpc) is 2.35. The minimum absolute atomic E-state index is 0.138. The van der Waals surface area contributed by atoms with E-state index in [0.29, 0.717) is 12.2 Å². The number of Topliss-reactive ketones (excluding diaryl/α,β-unsaturated/α-hetero) is 1. The second-order valence-electron chi connectivity index (χ2n) is 4.98. The van der Waals surface area contributed by atoms with Gasteiger partial charge in [0.05, 0.1) is 5.56 Å². The number of carbonyl (C=O) groups excluding carboxylic acids is 1. The van der Waals surface area contributed by atoms with Crippen molar-refractivity contribution in [1.29, 1.82) is 0 Å². The molecule has 0 saturated carbocycles. The van der Waals surface area contributed by atoms with E-state index in [1.165, 1.54) is 25.1 Å². The van der Waals surface area contributed by atoms with Crippen molar-refractivity contribution in [3.63, 3.8) is 0 Å². The summed E-state index contributed by atoms with van der Waals surface area (Å²) in [4.78, 5) is 11.5. The van der Waals surface area contributed by atoms with Crippen LogP contribution in [0.15, 0.2) is 36.4 Å². The molecule has 0 radical (unpaired) electrons. The highest BCUT2D eigenvalue weighted by atomic mass is 19.1. The first-order valence-electron chi connectivity index (χ1n) is 6.46. The Morgan fingerprint density at radius 3 is 2.35 bits per heavy atom. The lowest BCUT2D eigenvalue weighted by atomic mass is 10.1. The highest BCUT2D eigenvalue weighted by Crippen LogP contribution is 2.22. The number of carbonyl (C=O) groups is 1. The zero-order chi connectivity index (χ0) is 14.7. The van der Waals surface area contributed by atoms with Gasteiger partial charge in [0.15, 0.2) is 5.78 Å². The zero-order valence-corrected chi connectivity index (χ0v) is 11.9. The SMILES string of the molecule is CC(=O)c1ccc(F)cc1OCc1cc(C)cc(C)c1. The monoisotopic (exact) mass is 272 g/mol. The number of benzene rings is 2. The molecule has 2 aromatic carbocycles. The van der Waals surface area contributed by atoms with Crippen LogP contribution >= 0.6 is 0 Å². The fraction of sp³-hybridized carbons (Fsp3) is 0.235. The van der Waals surface area contributed by atoms with Gasteiger partial charge in [0.2, 0.25) is 0 Å². The second kappa shape index (κ2) is 5.87. The Kier molecular flexibility index (Phi) is 4.18. The standard InChI is InChI=1S/C17H17FO2/c1-11-6-12(2)8-14(7-11)10-20-17-9-15(18)4-5-16(17)13(3)19/h4-9H,10H2,1-3H3. The molecule has 2 rings (SSSR count). The largest absolute Gasteiger partial charge is 0.488 e. The van der Waals surface area contributed by atoms with Gasteiger partial charge in [-0.25, -0.2) is 4.39 Å². The predicted octanol–water partition coefficient (Wildman–Crippen LogP) is 4.22. The lowest BCUT2D eigenvalue weighted by Crippen LogP contribution is -2.02. The highest BCUT2D eigenvalue weighted by molar-refractivity contribution is 5.96. The molecule has 0 N–H and O–H groups in total. The van der Waals surface area contributed by atoms with Crippen LogP contribution in [0.1, 0.15) is 34.0 Å². The fourth-order valence-electron chi connectivity index (χ4n) is 2.22. The third-order valence-electron chi connectivity index (χ3n) is 3.00. The summed E-state index contributed by atoms with van der Waals surface area (Å²) in [5.74, 6) is -0.262. The van der Waals surface area contributed by atoms with E-state index in [1.54, 1.807) is 0 Å². The first kappa shape index (κ1) is 14.3. The van der Waals surface area contributed by atoms with Crippen LogP contribution in [-0.4, -0.2) is 5.78 Å². The first-order chi connectivity index (χ1) is 9.45. The Labute approximate surface area is 118 Å². The Bertz CT molecular complexity index is 627. The topological polar surface area (TPSA) is 26.3 Å². The third kappa shape index (κ3) is 3.44. The molecule has 0 atom stereocenters. The molecule has 0 heterocycles. The van der Waals surface area contributed by atoms with Gasteiger partial charge in [-0.05, 0) is 38.5 Å². The predicted molar refractivity (Wildman–Crippen MR) is 76.7 cm³/mol. The molecular formula is C17H17FO2. The number of ketones is 1. The Balaban J connectivity index is 2.22. The van der Waals surface area contributed by atoms with E-state index in [4.69, 9.17) is 4.74 Å². The van der Waals surface area contributed by atoms with Crippen molar-refractivity contribution < 1.29 is 13.9 Å². The molecule has 0 aliphatic heterocycles. The van der Waals surface area contributed by atoms with E-state index in [2.05, 4.69) is 6.07 Å². The molecule has 0 fully saturated rings. The van der Waals surface area contributed by atoms with E-state index in [0.717, 1.165) is 16.7 Å². The van der Waals surface area contributed by atoms with Crippen molar-refractivity contribution in [2.45, 2.75) is 27.4 Å². The number of aryl methyl sites for hydroxylation is 2. The second-order valence-corrected chi connectivity index (χ2v) is 4.98. The van der Waals surface area contributed by atoms with Crippen LogP contribution in [0.2, 0.25) is 0 Å². The summed E-state index contributed by atoms with van der Waals surface area (Å²) < 4.78 is 18.9. The van der Waals surface area contributed by atoms with E-state index in [-0.39, 0.29) is 11.5 Å². The zero-order valence-electron chi connectivity index (χ0n) is 11.9. The van der Waals surface area contributed by atoms with Crippen LogP contribution in [0.4, 0.5) is 4.39 Å². The van der Waals surface area contributed by atoms with Crippen LogP contribution in [0.3, 0.4) is 0 Å². The summed E-state index contributed by atoms with van der Waals surface area (Å²) >= 11 is 0. The van der Waals surface area contributed by atoms with Crippen LogP contribution in [0, 0.1) is 19.7 Å². The first-order valence-corrected chi connectivity index (χ1v) is 6.46. The summed E-state index contributed by atoms with van der Waals surface area (Å²) in [6.07, 6.45) is 0. The maximum atomic E-state index is 13.3. The van der Waals surface area contributed by atoms with E-state index < -0.39 is 5.82 Å². The molecule has 3 heteroatoms. The summed E-state index contributed by atoms with van der Waals surface area (Å²) in [6, 6.07) is 10.1. The van der Waals surface area contributed by atoms with Gasteiger partial charge in [0, 0.05) is 6.07 Å². The molecule has 0 aliphatic rings. The summed E-state index contributed by atoms with van der Waals surface area (Å²) in [5, 5.41) is 0. The maximum absolute atomic E-state index is 13.3. The summed E-state index contributed by atoms with van der Waals surface area (Å²) in [6.45, 7) is 5.78. The van der Waals surface area contributed by atoms with Crippen molar-refractivity contribution in [2.24, 2.45) is 0 Å². The molecule has 2 nitrogen and oxygen atoms in total. The summed E-state index contributed by atoms with van der Waals surface area (Å²) in [7, 11) is 0. The van der Waals surface area contributed by atoms with Gasteiger partial charge >= 0.3 is 0 Å². The van der Waals surface area contributed by atoms with Crippen molar-refractivity contribution in [3.05, 3.63) is 64.5 Å². The van der Waals surface area contributed by atoms with E-state index >= 15 is 0 Å². The van der Waals surface area contributed by atoms with Crippen molar-refractivity contribution in [1.82, 2.24) is 0 Å². The number of rotatable bonds is 4. The lowest BCUT2D eigenvalue weighted by molar-refractivity contribution is 0.101. The molecule has 0 spiro atoms. The Morgan fingerprint density at radius 1 is 1.10 bits per heavy atom. The van der Waals surface area contributed by atoms with Crippen LogP contribution in [0.25, 0.3) is 0 Å². The molecule has 104 valence electrons.